The molecule has 2 aromatic carbocycles. The molecule has 0 radical (unpaired) electrons. The van der Waals surface area contributed by atoms with Crippen molar-refractivity contribution >= 4 is 40.9 Å². The molecule has 3 rings (SSSR count). The van der Waals surface area contributed by atoms with Crippen molar-refractivity contribution in [1.82, 2.24) is 25.5 Å². The first-order valence-electron chi connectivity index (χ1n) is 7.75. The van der Waals surface area contributed by atoms with Gasteiger partial charge in [-0.1, -0.05) is 53.2 Å². The summed E-state index contributed by atoms with van der Waals surface area (Å²) in [7, 11) is 0. The van der Waals surface area contributed by atoms with Gasteiger partial charge in [0.05, 0.1) is 17.5 Å². The van der Waals surface area contributed by atoms with Gasteiger partial charge in [0.1, 0.15) is 0 Å². The predicted molar refractivity (Wildman–Crippen MR) is 103 cm³/mol. The van der Waals surface area contributed by atoms with E-state index in [-0.39, 0.29) is 17.7 Å². The van der Waals surface area contributed by atoms with Gasteiger partial charge in [-0.25, -0.2) is 0 Å². The Labute approximate surface area is 164 Å². The molecule has 0 aliphatic carbocycles. The van der Waals surface area contributed by atoms with Crippen LogP contribution in [0, 0.1) is 0 Å². The van der Waals surface area contributed by atoms with Crippen LogP contribution in [0.3, 0.4) is 0 Å². The highest BCUT2D eigenvalue weighted by molar-refractivity contribution is 7.99. The molecular formula is C17H15Cl2N5OS. The zero-order valence-electron chi connectivity index (χ0n) is 13.8. The molecule has 0 unspecified atom stereocenters. The molecule has 6 nitrogen and oxygen atoms in total. The van der Waals surface area contributed by atoms with Crippen LogP contribution in [0.1, 0.15) is 18.5 Å². The number of hydrogen-bond acceptors (Lipinski definition) is 5. The number of aromatic nitrogens is 4. The minimum absolute atomic E-state index is 0.113. The van der Waals surface area contributed by atoms with E-state index in [0.29, 0.717) is 15.2 Å². The Hall–Kier alpha value is -2.09. The highest BCUT2D eigenvalue weighted by atomic mass is 35.5. The van der Waals surface area contributed by atoms with E-state index in [4.69, 9.17) is 23.2 Å². The average molecular weight is 408 g/mol. The second-order valence-electron chi connectivity index (χ2n) is 5.48. The number of nitrogens with one attached hydrogen (secondary N) is 1. The average Bonchev–Trinajstić information content (AvgIpc) is 3.09. The summed E-state index contributed by atoms with van der Waals surface area (Å²) >= 11 is 13.1. The molecule has 1 amide bonds. The third-order valence-corrected chi connectivity index (χ3v) is 4.98. The normalized spacial score (nSPS) is 12.0. The summed E-state index contributed by atoms with van der Waals surface area (Å²) in [6.45, 7) is 1.92. The summed E-state index contributed by atoms with van der Waals surface area (Å²) in [5, 5.41) is 16.3. The Morgan fingerprint density at radius 3 is 2.69 bits per heavy atom. The van der Waals surface area contributed by atoms with E-state index in [2.05, 4.69) is 20.8 Å². The van der Waals surface area contributed by atoms with Gasteiger partial charge in [-0.15, -0.1) is 5.10 Å². The van der Waals surface area contributed by atoms with E-state index in [9.17, 15) is 4.79 Å². The van der Waals surface area contributed by atoms with Gasteiger partial charge in [-0.3, -0.25) is 4.79 Å². The number of hydrogen-bond donors (Lipinski definition) is 1. The number of amides is 1. The van der Waals surface area contributed by atoms with Crippen LogP contribution in [-0.2, 0) is 4.79 Å². The zero-order valence-corrected chi connectivity index (χ0v) is 16.1. The lowest BCUT2D eigenvalue weighted by Gasteiger charge is -2.14. The largest absolute Gasteiger partial charge is 0.349 e. The molecule has 0 bridgehead atoms. The van der Waals surface area contributed by atoms with Crippen molar-refractivity contribution in [2.24, 2.45) is 0 Å². The first-order chi connectivity index (χ1) is 12.5. The van der Waals surface area contributed by atoms with Gasteiger partial charge in [0.15, 0.2) is 0 Å². The van der Waals surface area contributed by atoms with Gasteiger partial charge in [-0.2, -0.15) is 4.68 Å². The highest BCUT2D eigenvalue weighted by Gasteiger charge is 2.14. The number of rotatable bonds is 6. The topological polar surface area (TPSA) is 72.7 Å². The van der Waals surface area contributed by atoms with Crippen molar-refractivity contribution in [1.29, 1.82) is 0 Å². The minimum Gasteiger partial charge on any atom is -0.349 e. The molecule has 1 aromatic heterocycles. The molecule has 1 N–H and O–H groups in total. The summed E-state index contributed by atoms with van der Waals surface area (Å²) in [5.41, 5.74) is 1.72. The summed E-state index contributed by atoms with van der Waals surface area (Å²) in [4.78, 5) is 12.2. The zero-order chi connectivity index (χ0) is 18.5. The maximum Gasteiger partial charge on any atom is 0.230 e. The Morgan fingerprint density at radius 1 is 1.19 bits per heavy atom. The monoisotopic (exact) mass is 407 g/mol. The lowest BCUT2D eigenvalue weighted by molar-refractivity contribution is -0.119. The van der Waals surface area contributed by atoms with Crippen LogP contribution in [0.15, 0.2) is 53.7 Å². The van der Waals surface area contributed by atoms with E-state index in [1.54, 1.807) is 28.9 Å². The molecule has 0 aliphatic heterocycles. The Bertz CT molecular complexity index is 900. The molecule has 1 atom stereocenters. The number of thioether (sulfide) groups is 1. The van der Waals surface area contributed by atoms with Gasteiger partial charge in [0, 0.05) is 10.0 Å². The fourth-order valence-corrected chi connectivity index (χ4v) is 3.30. The number of tetrazole rings is 1. The van der Waals surface area contributed by atoms with E-state index < -0.39 is 0 Å². The first kappa shape index (κ1) is 18.7. The third-order valence-electron chi connectivity index (χ3n) is 3.57. The fraction of sp³-hybridized carbons (Fsp3) is 0.176. The van der Waals surface area contributed by atoms with Crippen molar-refractivity contribution < 1.29 is 4.79 Å². The second-order valence-corrected chi connectivity index (χ2v) is 7.30. The van der Waals surface area contributed by atoms with Crippen LogP contribution in [0.4, 0.5) is 0 Å². The molecule has 26 heavy (non-hydrogen) atoms. The number of carbonyl (C=O) groups excluding carboxylic acids is 1. The van der Waals surface area contributed by atoms with Crippen molar-refractivity contribution in [2.45, 2.75) is 18.1 Å². The number of nitrogens with zero attached hydrogens (tertiary/aromatic N) is 4. The Kier molecular flexibility index (Phi) is 6.13. The molecular weight excluding hydrogens is 393 g/mol. The summed E-state index contributed by atoms with van der Waals surface area (Å²) in [6, 6.07) is 14.4. The highest BCUT2D eigenvalue weighted by Crippen LogP contribution is 2.21. The van der Waals surface area contributed by atoms with Crippen molar-refractivity contribution in [3.05, 3.63) is 64.1 Å². The summed E-state index contributed by atoms with van der Waals surface area (Å²) in [5.74, 6) is 0.0804. The quantitative estimate of drug-likeness (QED) is 0.626. The van der Waals surface area contributed by atoms with E-state index in [1.165, 1.54) is 11.8 Å². The standard InChI is InChI=1S/C17H15Cl2N5OS/c1-11(12-5-7-13(18)8-6-12)20-16(25)10-26-17-21-22-23-24(17)15-4-2-3-14(19)9-15/h2-9,11H,10H2,1H3,(H,20,25)/t11-/m0/s1. The lowest BCUT2D eigenvalue weighted by Crippen LogP contribution is -2.28. The van der Waals surface area contributed by atoms with Crippen LogP contribution >= 0.6 is 35.0 Å². The number of carbonyl (C=O) groups is 1. The second kappa shape index (κ2) is 8.53. The smallest absolute Gasteiger partial charge is 0.230 e. The van der Waals surface area contributed by atoms with Gasteiger partial charge in [-0.05, 0) is 53.2 Å². The fourth-order valence-electron chi connectivity index (χ4n) is 2.29. The van der Waals surface area contributed by atoms with Crippen molar-refractivity contribution in [3.63, 3.8) is 0 Å². The molecule has 0 saturated heterocycles. The molecule has 9 heteroatoms. The van der Waals surface area contributed by atoms with Gasteiger partial charge in [0.25, 0.3) is 0 Å². The Morgan fingerprint density at radius 2 is 1.96 bits per heavy atom. The number of benzene rings is 2. The lowest BCUT2D eigenvalue weighted by atomic mass is 10.1. The molecule has 0 fully saturated rings. The molecule has 134 valence electrons. The first-order valence-corrected chi connectivity index (χ1v) is 9.49. The minimum atomic E-state index is -0.121. The van der Waals surface area contributed by atoms with Crippen LogP contribution in [0.25, 0.3) is 5.69 Å². The third kappa shape index (κ3) is 4.75. The number of halogens is 2. The maximum atomic E-state index is 12.2. The maximum absolute atomic E-state index is 12.2. The van der Waals surface area contributed by atoms with E-state index in [1.807, 2.05) is 31.2 Å². The van der Waals surface area contributed by atoms with Gasteiger partial charge < -0.3 is 5.32 Å². The van der Waals surface area contributed by atoms with Crippen LogP contribution in [-0.4, -0.2) is 31.9 Å². The van der Waals surface area contributed by atoms with Crippen molar-refractivity contribution in [3.8, 4) is 5.69 Å². The van der Waals surface area contributed by atoms with Crippen LogP contribution in [0.5, 0.6) is 0 Å². The van der Waals surface area contributed by atoms with Crippen LogP contribution < -0.4 is 5.32 Å². The van der Waals surface area contributed by atoms with E-state index >= 15 is 0 Å². The van der Waals surface area contributed by atoms with E-state index in [0.717, 1.165) is 11.3 Å². The molecule has 0 saturated carbocycles. The Balaban J connectivity index is 1.60. The predicted octanol–water partition coefficient (Wildman–Crippen LogP) is 3.94. The van der Waals surface area contributed by atoms with Crippen LogP contribution in [0.2, 0.25) is 10.0 Å². The summed E-state index contributed by atoms with van der Waals surface area (Å²) < 4.78 is 1.55. The molecule has 1 heterocycles. The molecule has 0 aliphatic rings. The SMILES string of the molecule is C[C@H](NC(=O)CSc1nnnn1-c1cccc(Cl)c1)c1ccc(Cl)cc1. The van der Waals surface area contributed by atoms with Gasteiger partial charge in [0.2, 0.25) is 11.1 Å². The molecule has 0 spiro atoms. The van der Waals surface area contributed by atoms with Gasteiger partial charge >= 0.3 is 0 Å². The summed E-state index contributed by atoms with van der Waals surface area (Å²) in [6.07, 6.45) is 0. The molecule has 3 aromatic rings. The van der Waals surface area contributed by atoms with Crippen molar-refractivity contribution in [2.75, 3.05) is 5.75 Å².